The van der Waals surface area contributed by atoms with Gasteiger partial charge in [0.2, 0.25) is 47.3 Å². The number of aliphatic hydroxyl groups excluding tert-OH is 2. The monoisotopic (exact) mass is 747 g/mol. The van der Waals surface area contributed by atoms with E-state index < -0.39 is 122 Å². The number of carboxylic acids is 1. The number of aliphatic carboxylic acids is 1. The van der Waals surface area contributed by atoms with E-state index in [0.717, 1.165) is 0 Å². The lowest BCUT2D eigenvalue weighted by Gasteiger charge is -2.32. The Morgan fingerprint density at radius 1 is 0.843 bits per heavy atom. The predicted molar refractivity (Wildman–Crippen MR) is 180 cm³/mol. The second-order valence-corrected chi connectivity index (χ2v) is 12.1. The highest BCUT2D eigenvalue weighted by Crippen LogP contribution is 2.22. The fourth-order valence-corrected chi connectivity index (χ4v) is 5.13. The number of primary amides is 1. The number of nitrogens with two attached hydrogens (primary N) is 2. The van der Waals surface area contributed by atoms with Crippen LogP contribution in [-0.2, 0) is 43.2 Å². The number of aliphatic hydroxyl groups is 2. The molecule has 8 amide bonds. The Hall–Kier alpha value is -4.54. The molecule has 1 rings (SSSR count). The number of hydrogen-bond acceptors (Lipinski definition) is 13. The molecule has 0 spiro atoms. The number of carbonyl (C=O) groups excluding carboxylic acids is 8. The summed E-state index contributed by atoms with van der Waals surface area (Å²) in [5.41, 5.74) is 10.4. The fourth-order valence-electron chi connectivity index (χ4n) is 4.88. The molecule has 1 heterocycles. The van der Waals surface area contributed by atoms with Crippen molar-refractivity contribution in [2.75, 3.05) is 38.6 Å². The average Bonchev–Trinajstić information content (AvgIpc) is 3.60. The summed E-state index contributed by atoms with van der Waals surface area (Å²) in [6, 6.07) is -8.07. The molecule has 0 aromatic rings. The fraction of sp³-hybridized carbons (Fsp3) is 0.690. The molecule has 0 aliphatic carbocycles. The maximum Gasteiger partial charge on any atom is 0.328 e. The van der Waals surface area contributed by atoms with Crippen LogP contribution in [0.5, 0.6) is 0 Å². The average molecular weight is 748 g/mol. The van der Waals surface area contributed by atoms with E-state index in [1.54, 1.807) is 13.8 Å². The summed E-state index contributed by atoms with van der Waals surface area (Å²) in [5, 5.41) is 41.7. The second-order valence-electron chi connectivity index (χ2n) is 11.7. The number of amides is 8. The van der Waals surface area contributed by atoms with Crippen molar-refractivity contribution in [3.63, 3.8) is 0 Å². The van der Waals surface area contributed by atoms with Gasteiger partial charge in [-0.2, -0.15) is 12.6 Å². The minimum atomic E-state index is -1.69. The highest BCUT2D eigenvalue weighted by Gasteiger charge is 2.41. The third-order valence-corrected chi connectivity index (χ3v) is 8.37. The van der Waals surface area contributed by atoms with Crippen LogP contribution in [0.2, 0.25) is 0 Å². The first-order chi connectivity index (χ1) is 24.0. The van der Waals surface area contributed by atoms with E-state index >= 15 is 0 Å². The number of carboxylic acid groups (broad SMARTS) is 1. The summed E-state index contributed by atoms with van der Waals surface area (Å²) in [6.45, 7) is 0.767. The smallest absolute Gasteiger partial charge is 0.328 e. The van der Waals surface area contributed by atoms with Gasteiger partial charge >= 0.3 is 5.97 Å². The Kier molecular flexibility index (Phi) is 19.5. The zero-order valence-corrected chi connectivity index (χ0v) is 29.3. The summed E-state index contributed by atoms with van der Waals surface area (Å²) in [5.74, 6) is -8.68. The van der Waals surface area contributed by atoms with Gasteiger partial charge in [0, 0.05) is 18.7 Å². The van der Waals surface area contributed by atoms with Crippen LogP contribution in [0.15, 0.2) is 0 Å². The molecule has 1 aliphatic rings. The molecule has 1 aliphatic heterocycles. The van der Waals surface area contributed by atoms with Crippen LogP contribution in [0.4, 0.5) is 0 Å². The number of nitrogens with one attached hydrogen (secondary N) is 6. The quantitative estimate of drug-likeness (QED) is 0.0459. The summed E-state index contributed by atoms with van der Waals surface area (Å²) in [4.78, 5) is 114. The van der Waals surface area contributed by atoms with Crippen LogP contribution in [0, 0.1) is 5.92 Å². The molecular formula is C29H49N9O12S. The van der Waals surface area contributed by atoms with E-state index in [4.69, 9.17) is 11.5 Å². The number of likely N-dealkylation sites (tertiary alicyclic amines) is 1. The molecule has 7 atom stereocenters. The van der Waals surface area contributed by atoms with Crippen molar-refractivity contribution in [1.82, 2.24) is 36.8 Å². The van der Waals surface area contributed by atoms with Gasteiger partial charge in [0.1, 0.15) is 36.3 Å². The predicted octanol–water partition coefficient (Wildman–Crippen LogP) is -6.21. The summed E-state index contributed by atoms with van der Waals surface area (Å²) >= 11 is 4.12. The molecule has 288 valence electrons. The van der Waals surface area contributed by atoms with Crippen LogP contribution in [0.3, 0.4) is 0 Å². The number of nitrogens with zero attached hydrogens (tertiary/aromatic N) is 1. The summed E-state index contributed by atoms with van der Waals surface area (Å²) < 4.78 is 0. The van der Waals surface area contributed by atoms with E-state index in [9.17, 15) is 58.5 Å². The molecule has 22 heteroatoms. The molecule has 1 saturated heterocycles. The maximum absolute atomic E-state index is 13.9. The SMILES string of the molecule is CC[C@H](C)[C@H](NC(=O)[C@H](CS)NC(=O)CNC(=O)[C@H](CO)NC(=O)CN)C(=O)N1CCC[C@H]1C(=O)N[C@@H](CCC(N)=O)C(=O)N[C@@H](CO)C(=O)O. The first kappa shape index (κ1) is 44.5. The lowest BCUT2D eigenvalue weighted by Crippen LogP contribution is -2.60. The Bertz CT molecular complexity index is 1290. The molecule has 0 radical (unpaired) electrons. The Morgan fingerprint density at radius 3 is 1.98 bits per heavy atom. The largest absolute Gasteiger partial charge is 0.480 e. The van der Waals surface area contributed by atoms with Crippen molar-refractivity contribution in [3.05, 3.63) is 0 Å². The normalized spacial score (nSPS) is 17.4. The number of thiol groups is 1. The lowest BCUT2D eigenvalue weighted by molar-refractivity contribution is -0.144. The van der Waals surface area contributed by atoms with E-state index in [1.165, 1.54) is 4.90 Å². The van der Waals surface area contributed by atoms with Crippen LogP contribution >= 0.6 is 12.6 Å². The molecule has 0 aromatic heterocycles. The Labute approximate surface area is 299 Å². The highest BCUT2D eigenvalue weighted by atomic mass is 32.1. The Balaban J connectivity index is 3.05. The number of rotatable bonds is 22. The van der Waals surface area contributed by atoms with Crippen molar-refractivity contribution >= 4 is 65.9 Å². The standard InChI is InChI=1S/C29H49N9O12S/c1-3-14(2)23(37-26(46)18(13-51)34-22(43)10-32-24(44)16(11-39)33-21(42)9-30)28(48)38-8-4-5-19(38)27(47)35-15(6-7-20(31)41)25(45)36-17(12-40)29(49)50/h14-19,23,39-40,51H,3-13,30H2,1-2H3,(H2,31,41)(H,32,44)(H,33,42)(H,34,43)(H,35,47)(H,36,45)(H,37,46)(H,49,50)/t14-,15-,16-,17-,18-,19-,23-/m0/s1. The van der Waals surface area contributed by atoms with Gasteiger partial charge < -0.3 is 63.6 Å². The first-order valence-electron chi connectivity index (χ1n) is 16.2. The third kappa shape index (κ3) is 14.3. The van der Waals surface area contributed by atoms with Gasteiger partial charge in [0.15, 0.2) is 0 Å². The molecule has 0 unspecified atom stereocenters. The highest BCUT2D eigenvalue weighted by molar-refractivity contribution is 7.80. The van der Waals surface area contributed by atoms with Crippen molar-refractivity contribution in [1.29, 1.82) is 0 Å². The van der Waals surface area contributed by atoms with E-state index in [1.807, 2.05) is 0 Å². The first-order valence-corrected chi connectivity index (χ1v) is 16.8. The molecule has 0 aromatic carbocycles. The van der Waals surface area contributed by atoms with Crippen LogP contribution < -0.4 is 43.4 Å². The molecule has 51 heavy (non-hydrogen) atoms. The topological polar surface area (TPSA) is 342 Å². The number of carbonyl (C=O) groups is 9. The van der Waals surface area contributed by atoms with Crippen molar-refractivity contribution < 1.29 is 58.5 Å². The van der Waals surface area contributed by atoms with Gasteiger partial charge in [-0.15, -0.1) is 0 Å². The van der Waals surface area contributed by atoms with Gasteiger partial charge in [0.25, 0.3) is 0 Å². The minimum absolute atomic E-state index is 0.108. The molecular weight excluding hydrogens is 698 g/mol. The maximum atomic E-state index is 13.9. The van der Waals surface area contributed by atoms with E-state index in [0.29, 0.717) is 12.8 Å². The zero-order valence-electron chi connectivity index (χ0n) is 28.4. The second kappa shape index (κ2) is 22.3. The Morgan fingerprint density at radius 2 is 1.45 bits per heavy atom. The van der Waals surface area contributed by atoms with Crippen molar-refractivity contribution in [2.24, 2.45) is 17.4 Å². The minimum Gasteiger partial charge on any atom is -0.480 e. The molecule has 0 bridgehead atoms. The van der Waals surface area contributed by atoms with Gasteiger partial charge in [-0.3, -0.25) is 38.4 Å². The molecule has 0 saturated carbocycles. The number of hydrogen-bond donors (Lipinski definition) is 12. The lowest BCUT2D eigenvalue weighted by atomic mass is 9.97. The van der Waals surface area contributed by atoms with Crippen LogP contribution in [-0.4, -0.2) is 148 Å². The van der Waals surface area contributed by atoms with Gasteiger partial charge in [0.05, 0.1) is 26.3 Å². The van der Waals surface area contributed by atoms with Crippen molar-refractivity contribution in [2.45, 2.75) is 82.2 Å². The van der Waals surface area contributed by atoms with Crippen molar-refractivity contribution in [3.8, 4) is 0 Å². The molecule has 21 nitrogen and oxygen atoms in total. The molecule has 13 N–H and O–H groups in total. The van der Waals surface area contributed by atoms with E-state index in [2.05, 4.69) is 44.5 Å². The van der Waals surface area contributed by atoms with E-state index in [-0.39, 0.29) is 31.6 Å². The third-order valence-electron chi connectivity index (χ3n) is 8.00. The van der Waals surface area contributed by atoms with Crippen LogP contribution in [0.25, 0.3) is 0 Å². The summed E-state index contributed by atoms with van der Waals surface area (Å²) in [6.07, 6.45) is 0.303. The van der Waals surface area contributed by atoms with Crippen LogP contribution in [0.1, 0.15) is 46.0 Å². The molecule has 1 fully saturated rings. The zero-order chi connectivity index (χ0) is 38.8. The van der Waals surface area contributed by atoms with Gasteiger partial charge in [-0.25, -0.2) is 4.79 Å². The van der Waals surface area contributed by atoms with Gasteiger partial charge in [-0.1, -0.05) is 20.3 Å². The van der Waals surface area contributed by atoms with Gasteiger partial charge in [-0.05, 0) is 25.2 Å². The summed E-state index contributed by atoms with van der Waals surface area (Å²) in [7, 11) is 0.